The van der Waals surface area contributed by atoms with Crippen molar-refractivity contribution in [3.63, 3.8) is 0 Å². The number of benzene rings is 2. The summed E-state index contributed by atoms with van der Waals surface area (Å²) >= 11 is 0. The minimum Gasteiger partial charge on any atom is -0.491 e. The maximum absolute atomic E-state index is 12.4. The van der Waals surface area contributed by atoms with Crippen LogP contribution in [0.3, 0.4) is 0 Å². The molecule has 0 aromatic heterocycles. The van der Waals surface area contributed by atoms with E-state index in [1.54, 1.807) is 30.3 Å². The van der Waals surface area contributed by atoms with Crippen molar-refractivity contribution in [2.45, 2.75) is 26.4 Å². The minimum atomic E-state index is -0.999. The molecule has 1 N–H and O–H groups in total. The van der Waals surface area contributed by atoms with Crippen LogP contribution in [-0.2, 0) is 19.1 Å². The Morgan fingerprint density at radius 1 is 1.21 bits per heavy atom. The summed E-state index contributed by atoms with van der Waals surface area (Å²) in [6.45, 7) is 3.36. The predicted molar refractivity (Wildman–Crippen MR) is 104 cm³/mol. The second kappa shape index (κ2) is 8.56. The van der Waals surface area contributed by atoms with Crippen LogP contribution >= 0.6 is 0 Å². The highest BCUT2D eigenvalue weighted by Gasteiger charge is 2.27. The van der Waals surface area contributed by atoms with Crippen LogP contribution in [0.25, 0.3) is 0 Å². The molecule has 28 heavy (non-hydrogen) atoms. The molecule has 0 aliphatic carbocycles. The number of nitrogens with one attached hydrogen (secondary N) is 1. The average molecular weight is 382 g/mol. The molecule has 146 valence electrons. The van der Waals surface area contributed by atoms with Crippen LogP contribution in [-0.4, -0.2) is 37.0 Å². The Balaban J connectivity index is 1.63. The van der Waals surface area contributed by atoms with E-state index in [-0.39, 0.29) is 25.5 Å². The summed E-state index contributed by atoms with van der Waals surface area (Å²) in [5.41, 5.74) is 2.14. The number of amides is 2. The van der Waals surface area contributed by atoms with E-state index < -0.39 is 18.0 Å². The van der Waals surface area contributed by atoms with Gasteiger partial charge in [0, 0.05) is 5.69 Å². The zero-order valence-electron chi connectivity index (χ0n) is 15.8. The quantitative estimate of drug-likeness (QED) is 0.804. The van der Waals surface area contributed by atoms with Gasteiger partial charge in [0.15, 0.2) is 6.10 Å². The maximum Gasteiger partial charge on any atom is 0.326 e. The smallest absolute Gasteiger partial charge is 0.326 e. The fourth-order valence-electron chi connectivity index (χ4n) is 2.88. The first kappa shape index (κ1) is 19.4. The Bertz CT molecular complexity index is 896. The average Bonchev–Trinajstić information content (AvgIpc) is 2.81. The van der Waals surface area contributed by atoms with Crippen LogP contribution in [0.4, 0.5) is 11.4 Å². The lowest BCUT2D eigenvalue weighted by Crippen LogP contribution is -2.39. The van der Waals surface area contributed by atoms with Crippen molar-refractivity contribution in [3.05, 3.63) is 54.1 Å². The van der Waals surface area contributed by atoms with Crippen molar-refractivity contribution < 1.29 is 23.9 Å². The Morgan fingerprint density at radius 3 is 2.79 bits per heavy atom. The predicted octanol–water partition coefficient (Wildman–Crippen LogP) is 2.68. The third-order valence-electron chi connectivity index (χ3n) is 4.28. The molecule has 1 aliphatic heterocycles. The first-order valence-corrected chi connectivity index (χ1v) is 9.03. The van der Waals surface area contributed by atoms with Crippen LogP contribution < -0.4 is 15.0 Å². The summed E-state index contributed by atoms with van der Waals surface area (Å²) in [4.78, 5) is 38.3. The summed E-state index contributed by atoms with van der Waals surface area (Å²) < 4.78 is 10.8. The lowest BCUT2D eigenvalue weighted by molar-refractivity contribution is -0.152. The van der Waals surface area contributed by atoms with Crippen LogP contribution in [0, 0.1) is 6.92 Å². The highest BCUT2D eigenvalue weighted by atomic mass is 16.5. The van der Waals surface area contributed by atoms with Gasteiger partial charge in [0.25, 0.3) is 5.91 Å². The maximum atomic E-state index is 12.4. The van der Waals surface area contributed by atoms with Crippen molar-refractivity contribution in [1.29, 1.82) is 0 Å². The van der Waals surface area contributed by atoms with Crippen molar-refractivity contribution in [2.24, 2.45) is 0 Å². The largest absolute Gasteiger partial charge is 0.491 e. The lowest BCUT2D eigenvalue weighted by atomic mass is 10.2. The molecular formula is C21H22N2O5. The second-order valence-electron chi connectivity index (χ2n) is 6.54. The van der Waals surface area contributed by atoms with Gasteiger partial charge in [-0.05, 0) is 43.7 Å². The van der Waals surface area contributed by atoms with Gasteiger partial charge in [-0.2, -0.15) is 0 Å². The SMILES string of the molecule is Cc1cccc(NC(=O)[C@@H](C)OC(=O)CN2C(=O)CCOc3ccccc32)c1. The van der Waals surface area contributed by atoms with Gasteiger partial charge in [0.05, 0.1) is 18.7 Å². The van der Waals surface area contributed by atoms with Gasteiger partial charge in [0.2, 0.25) is 5.91 Å². The summed E-state index contributed by atoms with van der Waals surface area (Å²) in [5.74, 6) is -0.813. The van der Waals surface area contributed by atoms with Gasteiger partial charge in [0.1, 0.15) is 12.3 Å². The standard InChI is InChI=1S/C21H22N2O5/c1-14-6-5-7-16(12-14)22-21(26)15(2)28-20(25)13-23-17-8-3-4-9-18(17)27-11-10-19(23)24/h3-9,12,15H,10-11,13H2,1-2H3,(H,22,26)/t15-/m1/s1. The van der Waals surface area contributed by atoms with E-state index in [0.29, 0.717) is 17.1 Å². The molecule has 0 bridgehead atoms. The molecule has 1 heterocycles. The number of ether oxygens (including phenoxy) is 2. The third-order valence-corrected chi connectivity index (χ3v) is 4.28. The molecular weight excluding hydrogens is 360 g/mol. The van der Waals surface area contributed by atoms with Crippen LogP contribution in [0.5, 0.6) is 5.75 Å². The van der Waals surface area contributed by atoms with Crippen LogP contribution in [0.2, 0.25) is 0 Å². The fourth-order valence-corrected chi connectivity index (χ4v) is 2.88. The van der Waals surface area contributed by atoms with E-state index in [0.717, 1.165) is 5.56 Å². The fraction of sp³-hybridized carbons (Fsp3) is 0.286. The van der Waals surface area contributed by atoms with E-state index in [2.05, 4.69) is 5.32 Å². The molecule has 7 nitrogen and oxygen atoms in total. The van der Waals surface area contributed by atoms with E-state index in [9.17, 15) is 14.4 Å². The number of para-hydroxylation sites is 2. The summed E-state index contributed by atoms with van der Waals surface area (Å²) in [5, 5.41) is 2.71. The Morgan fingerprint density at radius 2 is 2.00 bits per heavy atom. The molecule has 7 heteroatoms. The number of esters is 1. The summed E-state index contributed by atoms with van der Waals surface area (Å²) in [6, 6.07) is 14.3. The number of hydrogen-bond donors (Lipinski definition) is 1. The summed E-state index contributed by atoms with van der Waals surface area (Å²) in [6.07, 6.45) is -0.840. The van der Waals surface area contributed by atoms with Gasteiger partial charge in [-0.3, -0.25) is 19.3 Å². The van der Waals surface area contributed by atoms with E-state index >= 15 is 0 Å². The normalized spacial score (nSPS) is 14.4. The number of anilines is 2. The highest BCUT2D eigenvalue weighted by Crippen LogP contribution is 2.30. The molecule has 0 radical (unpaired) electrons. The summed E-state index contributed by atoms with van der Waals surface area (Å²) in [7, 11) is 0. The molecule has 3 rings (SSSR count). The van der Waals surface area contributed by atoms with Crippen molar-refractivity contribution in [3.8, 4) is 5.75 Å². The first-order chi connectivity index (χ1) is 13.4. The van der Waals surface area contributed by atoms with Crippen molar-refractivity contribution in [1.82, 2.24) is 0 Å². The Hall–Kier alpha value is -3.35. The zero-order chi connectivity index (χ0) is 20.1. The zero-order valence-corrected chi connectivity index (χ0v) is 15.8. The number of aryl methyl sites for hydroxylation is 1. The Labute approximate surface area is 163 Å². The number of nitrogens with zero attached hydrogens (tertiary/aromatic N) is 1. The number of carbonyl (C=O) groups is 3. The van der Waals surface area contributed by atoms with Gasteiger partial charge < -0.3 is 14.8 Å². The monoisotopic (exact) mass is 382 g/mol. The minimum absolute atomic E-state index is 0.158. The third kappa shape index (κ3) is 4.68. The van der Waals surface area contributed by atoms with Gasteiger partial charge in [-0.15, -0.1) is 0 Å². The Kier molecular flexibility index (Phi) is 5.93. The number of fused-ring (bicyclic) bond motifs is 1. The molecule has 2 aromatic carbocycles. The topological polar surface area (TPSA) is 84.9 Å². The highest BCUT2D eigenvalue weighted by molar-refractivity contribution is 6.00. The van der Waals surface area contributed by atoms with Gasteiger partial charge >= 0.3 is 5.97 Å². The molecule has 0 spiro atoms. The second-order valence-corrected chi connectivity index (χ2v) is 6.54. The molecule has 2 aromatic rings. The van der Waals surface area contributed by atoms with Crippen molar-refractivity contribution >= 4 is 29.2 Å². The number of hydrogen-bond acceptors (Lipinski definition) is 5. The molecule has 2 amide bonds. The molecule has 0 fully saturated rings. The van der Waals surface area contributed by atoms with Crippen molar-refractivity contribution in [2.75, 3.05) is 23.4 Å². The molecule has 1 atom stereocenters. The molecule has 0 saturated heterocycles. The van der Waals surface area contributed by atoms with E-state index in [1.807, 2.05) is 25.1 Å². The molecule has 0 saturated carbocycles. The van der Waals surface area contributed by atoms with Crippen LogP contribution in [0.15, 0.2) is 48.5 Å². The number of carbonyl (C=O) groups excluding carboxylic acids is 3. The first-order valence-electron chi connectivity index (χ1n) is 9.03. The van der Waals surface area contributed by atoms with E-state index in [1.165, 1.54) is 11.8 Å². The van der Waals surface area contributed by atoms with Gasteiger partial charge in [-0.1, -0.05) is 24.3 Å². The van der Waals surface area contributed by atoms with Gasteiger partial charge in [-0.25, -0.2) is 0 Å². The number of rotatable bonds is 5. The van der Waals surface area contributed by atoms with Crippen LogP contribution in [0.1, 0.15) is 18.9 Å². The van der Waals surface area contributed by atoms with E-state index in [4.69, 9.17) is 9.47 Å². The lowest BCUT2D eigenvalue weighted by Gasteiger charge is -2.22. The molecule has 0 unspecified atom stereocenters. The molecule has 1 aliphatic rings.